The molecule has 28 heavy (non-hydrogen) atoms. The van der Waals surface area contributed by atoms with Crippen molar-refractivity contribution in [3.63, 3.8) is 0 Å². The number of ether oxygens (including phenoxy) is 1. The topological polar surface area (TPSA) is 21.6 Å². The molecular formula is C25H26NOP. The van der Waals surface area contributed by atoms with Gasteiger partial charge in [0.2, 0.25) is 0 Å². The van der Waals surface area contributed by atoms with E-state index in [0.29, 0.717) is 12.5 Å². The summed E-state index contributed by atoms with van der Waals surface area (Å²) < 4.78 is 5.93. The average molecular weight is 387 g/mol. The summed E-state index contributed by atoms with van der Waals surface area (Å²) in [6.07, 6.45) is 0.762. The quantitative estimate of drug-likeness (QED) is 0.573. The maximum Gasteiger partial charge on any atom is 0.188 e. The monoisotopic (exact) mass is 387 g/mol. The Morgan fingerprint density at radius 1 is 0.857 bits per heavy atom. The third-order valence-electron chi connectivity index (χ3n) is 5.10. The lowest BCUT2D eigenvalue weighted by molar-refractivity contribution is 0.287. The van der Waals surface area contributed by atoms with Gasteiger partial charge < -0.3 is 4.74 Å². The smallest absolute Gasteiger partial charge is 0.188 e. The normalized spacial score (nSPS) is 16.3. The highest BCUT2D eigenvalue weighted by Crippen LogP contribution is 2.34. The first-order valence-electron chi connectivity index (χ1n) is 9.90. The summed E-state index contributed by atoms with van der Waals surface area (Å²) in [6, 6.07) is 30.7. The zero-order valence-corrected chi connectivity index (χ0v) is 17.3. The second kappa shape index (κ2) is 8.71. The van der Waals surface area contributed by atoms with Crippen molar-refractivity contribution in [3.05, 3.63) is 90.5 Å². The van der Waals surface area contributed by atoms with Crippen molar-refractivity contribution >= 4 is 29.7 Å². The molecule has 3 heteroatoms. The van der Waals surface area contributed by atoms with E-state index in [4.69, 9.17) is 9.73 Å². The third kappa shape index (κ3) is 4.18. The predicted octanol–water partition coefficient (Wildman–Crippen LogP) is 4.44. The highest BCUT2D eigenvalue weighted by Gasteiger charge is 2.24. The van der Waals surface area contributed by atoms with E-state index < -0.39 is 7.92 Å². The van der Waals surface area contributed by atoms with Crippen LogP contribution in [0.4, 0.5) is 0 Å². The number of hydrogen-bond donors (Lipinski definition) is 0. The van der Waals surface area contributed by atoms with Crippen LogP contribution in [0.25, 0.3) is 0 Å². The predicted molar refractivity (Wildman–Crippen MR) is 121 cm³/mol. The molecule has 0 bridgehead atoms. The van der Waals surface area contributed by atoms with Crippen LogP contribution in [0.3, 0.4) is 0 Å². The van der Waals surface area contributed by atoms with Crippen molar-refractivity contribution in [3.8, 4) is 0 Å². The molecule has 1 heterocycles. The molecule has 1 atom stereocenters. The summed E-state index contributed by atoms with van der Waals surface area (Å²) in [5.41, 5.74) is 1.31. The first kappa shape index (κ1) is 18.9. The Labute approximate surface area is 169 Å². The van der Waals surface area contributed by atoms with E-state index >= 15 is 0 Å². The van der Waals surface area contributed by atoms with E-state index in [0.717, 1.165) is 12.3 Å². The molecule has 0 N–H and O–H groups in total. The fourth-order valence-corrected chi connectivity index (χ4v) is 5.97. The van der Waals surface area contributed by atoms with Gasteiger partial charge in [-0.1, -0.05) is 98.8 Å². The Bertz CT molecular complexity index is 898. The lowest BCUT2D eigenvalue weighted by Crippen LogP contribution is -2.24. The average Bonchev–Trinajstić information content (AvgIpc) is 3.20. The molecule has 0 spiro atoms. The lowest BCUT2D eigenvalue weighted by Gasteiger charge is -2.22. The van der Waals surface area contributed by atoms with Crippen molar-refractivity contribution in [2.24, 2.45) is 10.9 Å². The molecule has 142 valence electrons. The molecule has 0 aromatic heterocycles. The van der Waals surface area contributed by atoms with Crippen molar-refractivity contribution in [2.45, 2.75) is 26.3 Å². The number of rotatable bonds is 6. The summed E-state index contributed by atoms with van der Waals surface area (Å²) in [4.78, 5) is 4.83. The van der Waals surface area contributed by atoms with Crippen LogP contribution in [-0.2, 0) is 11.2 Å². The standard InChI is InChI=1S/C25H26NOP/c1-19(2)23-18-27-25(26-23)17-20-11-9-10-16-24(20)28(21-12-5-3-6-13-21)22-14-7-4-8-15-22/h3-16,19,23H,17-18H2,1-2H3/t23-/m0/s1. The molecule has 0 saturated carbocycles. The van der Waals surface area contributed by atoms with Crippen LogP contribution < -0.4 is 15.9 Å². The lowest BCUT2D eigenvalue weighted by atomic mass is 10.1. The summed E-state index contributed by atoms with van der Waals surface area (Å²) in [5.74, 6) is 1.39. The summed E-state index contributed by atoms with van der Waals surface area (Å²) in [7, 11) is -0.621. The van der Waals surface area contributed by atoms with Gasteiger partial charge in [-0.25, -0.2) is 4.99 Å². The molecule has 0 radical (unpaired) electrons. The zero-order chi connectivity index (χ0) is 19.3. The van der Waals surface area contributed by atoms with E-state index in [1.165, 1.54) is 21.5 Å². The highest BCUT2D eigenvalue weighted by molar-refractivity contribution is 7.79. The van der Waals surface area contributed by atoms with E-state index in [9.17, 15) is 0 Å². The second-order valence-corrected chi connectivity index (χ2v) is 9.64. The molecular weight excluding hydrogens is 361 g/mol. The fraction of sp³-hybridized carbons (Fsp3) is 0.240. The Kier molecular flexibility index (Phi) is 5.88. The van der Waals surface area contributed by atoms with Crippen LogP contribution in [0.2, 0.25) is 0 Å². The van der Waals surface area contributed by atoms with Gasteiger partial charge in [-0.3, -0.25) is 0 Å². The zero-order valence-electron chi connectivity index (χ0n) is 16.5. The number of nitrogens with zero attached hydrogens (tertiary/aromatic N) is 1. The van der Waals surface area contributed by atoms with Gasteiger partial charge in [-0.05, 0) is 35.3 Å². The van der Waals surface area contributed by atoms with Crippen molar-refractivity contribution in [2.75, 3.05) is 6.61 Å². The molecule has 0 unspecified atom stereocenters. The first-order valence-corrected chi connectivity index (χ1v) is 11.2. The van der Waals surface area contributed by atoms with Crippen LogP contribution in [-0.4, -0.2) is 18.5 Å². The maximum atomic E-state index is 5.93. The van der Waals surface area contributed by atoms with Crippen LogP contribution in [0, 0.1) is 5.92 Å². The first-order chi connectivity index (χ1) is 13.7. The molecule has 0 aliphatic carbocycles. The largest absolute Gasteiger partial charge is 0.478 e. The molecule has 3 aromatic carbocycles. The van der Waals surface area contributed by atoms with Gasteiger partial charge in [-0.2, -0.15) is 0 Å². The summed E-state index contributed by atoms with van der Waals surface area (Å²) >= 11 is 0. The molecule has 1 aliphatic heterocycles. The van der Waals surface area contributed by atoms with E-state index in [-0.39, 0.29) is 6.04 Å². The molecule has 0 fully saturated rings. The molecule has 4 rings (SSSR count). The Morgan fingerprint density at radius 3 is 2.00 bits per heavy atom. The van der Waals surface area contributed by atoms with Crippen molar-refractivity contribution in [1.82, 2.24) is 0 Å². The second-order valence-electron chi connectivity index (χ2n) is 7.46. The number of benzene rings is 3. The highest BCUT2D eigenvalue weighted by atomic mass is 31.1. The van der Waals surface area contributed by atoms with E-state index in [1.807, 2.05) is 0 Å². The molecule has 0 saturated heterocycles. The molecule has 1 aliphatic rings. The SMILES string of the molecule is CC(C)[C@@H]1COC(Cc2ccccc2P(c2ccccc2)c2ccccc2)=N1. The van der Waals surface area contributed by atoms with Gasteiger partial charge in [0.15, 0.2) is 5.90 Å². The van der Waals surface area contributed by atoms with E-state index in [1.54, 1.807) is 0 Å². The van der Waals surface area contributed by atoms with Crippen LogP contribution in [0.15, 0.2) is 89.9 Å². The Morgan fingerprint density at radius 2 is 1.43 bits per heavy atom. The summed E-state index contributed by atoms with van der Waals surface area (Å²) in [6.45, 7) is 5.12. The van der Waals surface area contributed by atoms with Gasteiger partial charge in [0.1, 0.15) is 6.61 Å². The summed E-state index contributed by atoms with van der Waals surface area (Å²) in [5, 5.41) is 4.12. The number of hydrogen-bond acceptors (Lipinski definition) is 2. The molecule has 3 aromatic rings. The minimum Gasteiger partial charge on any atom is -0.478 e. The molecule has 2 nitrogen and oxygen atoms in total. The Hall–Kier alpha value is -2.44. The third-order valence-corrected chi connectivity index (χ3v) is 7.65. The van der Waals surface area contributed by atoms with Crippen LogP contribution in [0.5, 0.6) is 0 Å². The number of aliphatic imine (C=N–C) groups is 1. The Balaban J connectivity index is 1.73. The minimum absolute atomic E-state index is 0.284. The van der Waals surface area contributed by atoms with E-state index in [2.05, 4.69) is 98.8 Å². The maximum absolute atomic E-state index is 5.93. The van der Waals surface area contributed by atoms with Gasteiger partial charge in [-0.15, -0.1) is 0 Å². The van der Waals surface area contributed by atoms with Gasteiger partial charge >= 0.3 is 0 Å². The van der Waals surface area contributed by atoms with Gasteiger partial charge in [0.25, 0.3) is 0 Å². The van der Waals surface area contributed by atoms with Gasteiger partial charge in [0, 0.05) is 6.42 Å². The van der Waals surface area contributed by atoms with Crippen molar-refractivity contribution < 1.29 is 4.74 Å². The minimum atomic E-state index is -0.621. The van der Waals surface area contributed by atoms with Crippen LogP contribution >= 0.6 is 7.92 Å². The fourth-order valence-electron chi connectivity index (χ4n) is 3.50. The van der Waals surface area contributed by atoms with Gasteiger partial charge in [0.05, 0.1) is 6.04 Å². The van der Waals surface area contributed by atoms with Crippen molar-refractivity contribution in [1.29, 1.82) is 0 Å². The molecule has 0 amide bonds. The van der Waals surface area contributed by atoms with Crippen LogP contribution in [0.1, 0.15) is 19.4 Å².